The lowest BCUT2D eigenvalue weighted by Gasteiger charge is -2.18. The molecule has 1 aliphatic rings. The van der Waals surface area contributed by atoms with Crippen molar-refractivity contribution in [3.63, 3.8) is 0 Å². The van der Waals surface area contributed by atoms with E-state index in [1.807, 2.05) is 30.3 Å². The molecule has 1 fully saturated rings. The van der Waals surface area contributed by atoms with E-state index in [1.165, 1.54) is 38.5 Å². The molecule has 0 radical (unpaired) electrons. The molecule has 29 heavy (non-hydrogen) atoms. The first-order valence-electron chi connectivity index (χ1n) is 10.6. The molecule has 0 aromatic heterocycles. The summed E-state index contributed by atoms with van der Waals surface area (Å²) < 4.78 is 0. The van der Waals surface area contributed by atoms with E-state index in [4.69, 9.17) is 0 Å². The Morgan fingerprint density at radius 2 is 1.59 bits per heavy atom. The number of para-hydroxylation sites is 1. The Labute approximate surface area is 173 Å². The molecular formula is C24H31N3O2. The van der Waals surface area contributed by atoms with E-state index >= 15 is 0 Å². The van der Waals surface area contributed by atoms with Crippen molar-refractivity contribution in [3.8, 4) is 0 Å². The molecule has 5 heteroatoms. The van der Waals surface area contributed by atoms with Gasteiger partial charge in [0.25, 0.3) is 11.8 Å². The third kappa shape index (κ3) is 6.16. The first-order chi connectivity index (χ1) is 14.1. The molecule has 3 rings (SSSR count). The van der Waals surface area contributed by atoms with E-state index in [1.54, 1.807) is 36.2 Å². The molecule has 0 bridgehead atoms. The van der Waals surface area contributed by atoms with E-state index in [-0.39, 0.29) is 11.8 Å². The van der Waals surface area contributed by atoms with Gasteiger partial charge in [-0.05, 0) is 43.2 Å². The van der Waals surface area contributed by atoms with E-state index in [0.717, 1.165) is 12.2 Å². The minimum atomic E-state index is -0.148. The standard InChI is InChI=1S/C24H31N3O2/c1-27(22-14-7-4-8-15-22)24(29)20-11-9-10-19(18-20)23(28)26-17-16-25-21-12-5-2-3-6-13-21/h4,7-11,14-15,18,21,25H,2-3,5-6,12-13,16-17H2,1H3,(H,26,28). The lowest BCUT2D eigenvalue weighted by Crippen LogP contribution is -2.37. The molecule has 0 unspecified atom stereocenters. The third-order valence-corrected chi connectivity index (χ3v) is 5.52. The van der Waals surface area contributed by atoms with Crippen LogP contribution in [-0.4, -0.2) is 38.0 Å². The SMILES string of the molecule is CN(C(=O)c1cccc(C(=O)NCCNC2CCCCCC2)c1)c1ccccc1. The Kier molecular flexibility index (Phi) is 7.82. The van der Waals surface area contributed by atoms with Crippen molar-refractivity contribution in [1.82, 2.24) is 10.6 Å². The van der Waals surface area contributed by atoms with Gasteiger partial charge in [-0.3, -0.25) is 9.59 Å². The summed E-state index contributed by atoms with van der Waals surface area (Å²) >= 11 is 0. The van der Waals surface area contributed by atoms with Crippen molar-refractivity contribution in [1.29, 1.82) is 0 Å². The number of carbonyl (C=O) groups is 2. The highest BCUT2D eigenvalue weighted by Gasteiger charge is 2.16. The second-order valence-electron chi connectivity index (χ2n) is 7.68. The van der Waals surface area contributed by atoms with Crippen LogP contribution >= 0.6 is 0 Å². The second-order valence-corrected chi connectivity index (χ2v) is 7.68. The minimum Gasteiger partial charge on any atom is -0.351 e. The summed E-state index contributed by atoms with van der Waals surface area (Å²) in [5.41, 5.74) is 1.82. The predicted molar refractivity (Wildman–Crippen MR) is 117 cm³/mol. The summed E-state index contributed by atoms with van der Waals surface area (Å²) in [7, 11) is 1.74. The van der Waals surface area contributed by atoms with Crippen LogP contribution in [0.4, 0.5) is 5.69 Å². The van der Waals surface area contributed by atoms with Crippen LogP contribution in [-0.2, 0) is 0 Å². The molecule has 1 aliphatic carbocycles. The molecular weight excluding hydrogens is 362 g/mol. The normalized spacial score (nSPS) is 14.8. The number of amides is 2. The highest BCUT2D eigenvalue weighted by Crippen LogP contribution is 2.17. The second kappa shape index (κ2) is 10.8. The fourth-order valence-electron chi connectivity index (χ4n) is 3.79. The summed E-state index contributed by atoms with van der Waals surface area (Å²) in [5, 5.41) is 6.51. The molecule has 2 aromatic rings. The molecule has 1 saturated carbocycles. The summed E-state index contributed by atoms with van der Waals surface area (Å²) in [6.45, 7) is 1.35. The van der Waals surface area contributed by atoms with Crippen molar-refractivity contribution >= 4 is 17.5 Å². The largest absolute Gasteiger partial charge is 0.351 e. The van der Waals surface area contributed by atoms with Crippen LogP contribution in [0.25, 0.3) is 0 Å². The van der Waals surface area contributed by atoms with Crippen LogP contribution in [0.3, 0.4) is 0 Å². The van der Waals surface area contributed by atoms with Gasteiger partial charge in [0, 0.05) is 43.0 Å². The molecule has 0 spiro atoms. The summed E-state index contributed by atoms with van der Waals surface area (Å²) in [5.74, 6) is -0.287. The lowest BCUT2D eigenvalue weighted by atomic mass is 10.1. The Bertz CT molecular complexity index is 799. The number of nitrogens with one attached hydrogen (secondary N) is 2. The fourth-order valence-corrected chi connectivity index (χ4v) is 3.79. The lowest BCUT2D eigenvalue weighted by molar-refractivity contribution is 0.0953. The average molecular weight is 394 g/mol. The number of anilines is 1. The summed E-state index contributed by atoms with van der Waals surface area (Å²) in [6.07, 6.45) is 7.72. The van der Waals surface area contributed by atoms with Gasteiger partial charge in [-0.1, -0.05) is 49.9 Å². The zero-order valence-corrected chi connectivity index (χ0v) is 17.2. The van der Waals surface area contributed by atoms with Crippen molar-refractivity contribution in [2.24, 2.45) is 0 Å². The van der Waals surface area contributed by atoms with E-state index < -0.39 is 0 Å². The van der Waals surface area contributed by atoms with E-state index in [0.29, 0.717) is 23.7 Å². The van der Waals surface area contributed by atoms with Gasteiger partial charge in [-0.2, -0.15) is 0 Å². The van der Waals surface area contributed by atoms with E-state index in [2.05, 4.69) is 10.6 Å². The summed E-state index contributed by atoms with van der Waals surface area (Å²) in [6, 6.07) is 16.9. The average Bonchev–Trinajstić information content (AvgIpc) is 3.05. The summed E-state index contributed by atoms with van der Waals surface area (Å²) in [4.78, 5) is 26.9. The molecule has 2 aromatic carbocycles. The van der Waals surface area contributed by atoms with Crippen LogP contribution in [0.15, 0.2) is 54.6 Å². The molecule has 0 heterocycles. The zero-order valence-electron chi connectivity index (χ0n) is 17.2. The fraction of sp³-hybridized carbons (Fsp3) is 0.417. The number of benzene rings is 2. The molecule has 2 N–H and O–H groups in total. The van der Waals surface area contributed by atoms with Gasteiger partial charge in [-0.25, -0.2) is 0 Å². The smallest absolute Gasteiger partial charge is 0.258 e. The quantitative estimate of drug-likeness (QED) is 0.552. The number of hydrogen-bond acceptors (Lipinski definition) is 3. The van der Waals surface area contributed by atoms with Crippen LogP contribution in [0, 0.1) is 0 Å². The van der Waals surface area contributed by atoms with Gasteiger partial charge in [0.1, 0.15) is 0 Å². The number of carbonyl (C=O) groups excluding carboxylic acids is 2. The van der Waals surface area contributed by atoms with Crippen molar-refractivity contribution in [2.75, 3.05) is 25.0 Å². The predicted octanol–water partition coefficient (Wildman–Crippen LogP) is 4.01. The Morgan fingerprint density at radius 3 is 2.31 bits per heavy atom. The molecule has 0 atom stereocenters. The van der Waals surface area contributed by atoms with Crippen molar-refractivity contribution < 1.29 is 9.59 Å². The minimum absolute atomic E-state index is 0.138. The molecule has 5 nitrogen and oxygen atoms in total. The maximum atomic E-state index is 12.8. The Morgan fingerprint density at radius 1 is 0.897 bits per heavy atom. The highest BCUT2D eigenvalue weighted by atomic mass is 16.2. The van der Waals surface area contributed by atoms with Gasteiger partial charge < -0.3 is 15.5 Å². The molecule has 2 amide bonds. The first-order valence-corrected chi connectivity index (χ1v) is 10.6. The number of nitrogens with zero attached hydrogens (tertiary/aromatic N) is 1. The number of rotatable bonds is 7. The zero-order chi connectivity index (χ0) is 20.5. The van der Waals surface area contributed by atoms with Crippen LogP contribution in [0.2, 0.25) is 0 Å². The van der Waals surface area contributed by atoms with Crippen molar-refractivity contribution in [3.05, 3.63) is 65.7 Å². The van der Waals surface area contributed by atoms with Gasteiger partial charge in [0.2, 0.25) is 0 Å². The van der Waals surface area contributed by atoms with Gasteiger partial charge in [-0.15, -0.1) is 0 Å². The maximum absolute atomic E-state index is 12.8. The first kappa shape index (κ1) is 21.1. The van der Waals surface area contributed by atoms with Crippen LogP contribution in [0.5, 0.6) is 0 Å². The van der Waals surface area contributed by atoms with Gasteiger partial charge >= 0.3 is 0 Å². The molecule has 0 saturated heterocycles. The van der Waals surface area contributed by atoms with Crippen molar-refractivity contribution in [2.45, 2.75) is 44.6 Å². The molecule has 154 valence electrons. The van der Waals surface area contributed by atoms with Crippen LogP contribution in [0.1, 0.15) is 59.2 Å². The van der Waals surface area contributed by atoms with Gasteiger partial charge in [0.05, 0.1) is 0 Å². The Balaban J connectivity index is 1.51. The third-order valence-electron chi connectivity index (χ3n) is 5.52. The monoisotopic (exact) mass is 393 g/mol. The maximum Gasteiger partial charge on any atom is 0.258 e. The Hall–Kier alpha value is -2.66. The topological polar surface area (TPSA) is 61.4 Å². The van der Waals surface area contributed by atoms with Crippen LogP contribution < -0.4 is 15.5 Å². The molecule has 0 aliphatic heterocycles. The highest BCUT2D eigenvalue weighted by molar-refractivity contribution is 6.07. The number of hydrogen-bond donors (Lipinski definition) is 2. The van der Waals surface area contributed by atoms with E-state index in [9.17, 15) is 9.59 Å². The van der Waals surface area contributed by atoms with Gasteiger partial charge in [0.15, 0.2) is 0 Å².